The molecule has 20 heavy (non-hydrogen) atoms. The second kappa shape index (κ2) is 5.83. The van der Waals surface area contributed by atoms with E-state index in [4.69, 9.17) is 15.6 Å². The number of nitrogens with two attached hydrogens (primary N) is 1. The van der Waals surface area contributed by atoms with Crippen LogP contribution in [0.15, 0.2) is 42.6 Å². The SMILES string of the molecule is NC(=O)c1ccc(Oc2ccc(CC(=O)O)cc2)nc1. The molecule has 2 aromatic rings. The summed E-state index contributed by atoms with van der Waals surface area (Å²) in [6.07, 6.45) is 1.29. The van der Waals surface area contributed by atoms with Crippen LogP contribution in [0.25, 0.3) is 0 Å². The predicted octanol–water partition coefficient (Wildman–Crippen LogP) is 1.60. The van der Waals surface area contributed by atoms with E-state index in [2.05, 4.69) is 4.98 Å². The number of benzene rings is 1. The number of rotatable bonds is 5. The van der Waals surface area contributed by atoms with Gasteiger partial charge in [-0.25, -0.2) is 4.98 Å². The third-order valence-corrected chi connectivity index (χ3v) is 2.52. The Morgan fingerprint density at radius 3 is 2.35 bits per heavy atom. The van der Waals surface area contributed by atoms with E-state index >= 15 is 0 Å². The number of carboxylic acid groups (broad SMARTS) is 1. The molecule has 0 fully saturated rings. The van der Waals surface area contributed by atoms with Gasteiger partial charge in [-0.1, -0.05) is 12.1 Å². The molecule has 1 amide bonds. The highest BCUT2D eigenvalue weighted by Gasteiger charge is 2.04. The second-order valence-corrected chi connectivity index (χ2v) is 4.07. The molecule has 3 N–H and O–H groups in total. The van der Waals surface area contributed by atoms with Crippen molar-refractivity contribution in [2.24, 2.45) is 5.73 Å². The molecule has 0 aliphatic heterocycles. The molecule has 1 heterocycles. The van der Waals surface area contributed by atoms with Crippen LogP contribution < -0.4 is 10.5 Å². The lowest BCUT2D eigenvalue weighted by Crippen LogP contribution is -2.10. The van der Waals surface area contributed by atoms with Crippen molar-refractivity contribution in [1.82, 2.24) is 4.98 Å². The summed E-state index contributed by atoms with van der Waals surface area (Å²) in [6.45, 7) is 0. The number of hydrogen-bond acceptors (Lipinski definition) is 4. The molecule has 2 rings (SSSR count). The molecule has 0 unspecified atom stereocenters. The number of hydrogen-bond donors (Lipinski definition) is 2. The van der Waals surface area contributed by atoms with Crippen LogP contribution in [-0.2, 0) is 11.2 Å². The van der Waals surface area contributed by atoms with Crippen LogP contribution in [0.1, 0.15) is 15.9 Å². The van der Waals surface area contributed by atoms with Crippen LogP contribution in [-0.4, -0.2) is 22.0 Å². The van der Waals surface area contributed by atoms with Crippen molar-refractivity contribution in [3.63, 3.8) is 0 Å². The molecule has 0 aliphatic rings. The van der Waals surface area contributed by atoms with Gasteiger partial charge in [-0.2, -0.15) is 0 Å². The molecule has 0 atom stereocenters. The molecule has 6 heteroatoms. The number of amides is 1. The highest BCUT2D eigenvalue weighted by molar-refractivity contribution is 5.92. The first kappa shape index (κ1) is 13.5. The molecular formula is C14H12N2O4. The van der Waals surface area contributed by atoms with E-state index in [0.29, 0.717) is 22.8 Å². The van der Waals surface area contributed by atoms with E-state index < -0.39 is 11.9 Å². The minimum atomic E-state index is -0.887. The van der Waals surface area contributed by atoms with Gasteiger partial charge >= 0.3 is 5.97 Å². The fraction of sp³-hybridized carbons (Fsp3) is 0.0714. The molecule has 0 saturated heterocycles. The molecule has 102 valence electrons. The molecule has 0 bridgehead atoms. The summed E-state index contributed by atoms with van der Waals surface area (Å²) in [7, 11) is 0. The fourth-order valence-corrected chi connectivity index (χ4v) is 1.56. The number of nitrogens with zero attached hydrogens (tertiary/aromatic N) is 1. The van der Waals surface area contributed by atoms with Crippen molar-refractivity contribution in [2.45, 2.75) is 6.42 Å². The lowest BCUT2D eigenvalue weighted by atomic mass is 10.1. The maximum atomic E-state index is 10.9. The van der Waals surface area contributed by atoms with Gasteiger partial charge in [-0.15, -0.1) is 0 Å². The van der Waals surface area contributed by atoms with Gasteiger partial charge < -0.3 is 15.6 Å². The Bertz CT molecular complexity index is 621. The summed E-state index contributed by atoms with van der Waals surface area (Å²) in [5.41, 5.74) is 6.09. The molecule has 1 aromatic carbocycles. The summed E-state index contributed by atoms with van der Waals surface area (Å²) in [4.78, 5) is 25.4. The quantitative estimate of drug-likeness (QED) is 0.860. The van der Waals surface area contributed by atoms with Crippen LogP contribution >= 0.6 is 0 Å². The highest BCUT2D eigenvalue weighted by atomic mass is 16.5. The Balaban J connectivity index is 2.06. The Kier molecular flexibility index (Phi) is 3.95. The average molecular weight is 272 g/mol. The maximum absolute atomic E-state index is 10.9. The summed E-state index contributed by atoms with van der Waals surface area (Å²) < 4.78 is 5.46. The van der Waals surface area contributed by atoms with E-state index in [-0.39, 0.29) is 6.42 Å². The maximum Gasteiger partial charge on any atom is 0.307 e. The number of ether oxygens (including phenoxy) is 1. The Morgan fingerprint density at radius 2 is 1.85 bits per heavy atom. The first-order chi connectivity index (χ1) is 9.54. The number of primary amides is 1. The number of aliphatic carboxylic acids is 1. The predicted molar refractivity (Wildman–Crippen MR) is 70.6 cm³/mol. The minimum absolute atomic E-state index is 0.0359. The molecule has 0 spiro atoms. The van der Waals surface area contributed by atoms with Crippen LogP contribution in [0, 0.1) is 0 Å². The van der Waals surface area contributed by atoms with E-state index in [1.807, 2.05) is 0 Å². The number of carboxylic acids is 1. The zero-order chi connectivity index (χ0) is 14.5. The van der Waals surface area contributed by atoms with Crippen LogP contribution in [0.2, 0.25) is 0 Å². The van der Waals surface area contributed by atoms with Gasteiger partial charge in [0.1, 0.15) is 5.75 Å². The van der Waals surface area contributed by atoms with Gasteiger partial charge in [-0.05, 0) is 23.8 Å². The van der Waals surface area contributed by atoms with Gasteiger partial charge in [-0.3, -0.25) is 9.59 Å². The number of pyridine rings is 1. The van der Waals surface area contributed by atoms with Crippen LogP contribution in [0.5, 0.6) is 11.6 Å². The van der Waals surface area contributed by atoms with Crippen molar-refractivity contribution in [1.29, 1.82) is 0 Å². The number of carbonyl (C=O) groups is 2. The third kappa shape index (κ3) is 3.55. The van der Waals surface area contributed by atoms with Crippen LogP contribution in [0.3, 0.4) is 0 Å². The standard InChI is InChI=1S/C14H12N2O4/c15-14(19)10-3-6-12(16-8-10)20-11-4-1-9(2-5-11)7-13(17)18/h1-6,8H,7H2,(H2,15,19)(H,17,18). The molecule has 0 aliphatic carbocycles. The first-order valence-corrected chi connectivity index (χ1v) is 5.79. The monoisotopic (exact) mass is 272 g/mol. The normalized spacial score (nSPS) is 10.0. The Labute approximate surface area is 114 Å². The summed E-state index contributed by atoms with van der Waals surface area (Å²) in [5, 5.41) is 8.66. The van der Waals surface area contributed by atoms with Gasteiger partial charge in [0.05, 0.1) is 12.0 Å². The molecule has 0 radical (unpaired) electrons. The van der Waals surface area contributed by atoms with Gasteiger partial charge in [0.2, 0.25) is 11.8 Å². The van der Waals surface area contributed by atoms with Gasteiger partial charge in [0, 0.05) is 12.3 Å². The average Bonchev–Trinajstić information content (AvgIpc) is 2.41. The second-order valence-electron chi connectivity index (χ2n) is 4.07. The van der Waals surface area contributed by atoms with E-state index in [1.165, 1.54) is 18.3 Å². The summed E-state index contributed by atoms with van der Waals surface area (Å²) >= 11 is 0. The molecule has 1 aromatic heterocycles. The van der Waals surface area contributed by atoms with Crippen molar-refractivity contribution in [3.8, 4) is 11.6 Å². The Hall–Kier alpha value is -2.89. The largest absolute Gasteiger partial charge is 0.481 e. The minimum Gasteiger partial charge on any atom is -0.481 e. The molecule has 0 saturated carbocycles. The van der Waals surface area contributed by atoms with Gasteiger partial charge in [0.15, 0.2) is 0 Å². The van der Waals surface area contributed by atoms with Crippen molar-refractivity contribution < 1.29 is 19.4 Å². The zero-order valence-electron chi connectivity index (χ0n) is 10.4. The van der Waals surface area contributed by atoms with E-state index in [0.717, 1.165) is 0 Å². The molecular weight excluding hydrogens is 260 g/mol. The van der Waals surface area contributed by atoms with Crippen molar-refractivity contribution in [2.75, 3.05) is 0 Å². The lowest BCUT2D eigenvalue weighted by Gasteiger charge is -2.05. The fourth-order valence-electron chi connectivity index (χ4n) is 1.56. The smallest absolute Gasteiger partial charge is 0.307 e. The number of aromatic nitrogens is 1. The molecule has 6 nitrogen and oxygen atoms in total. The number of carbonyl (C=O) groups excluding carboxylic acids is 1. The topological polar surface area (TPSA) is 103 Å². The van der Waals surface area contributed by atoms with Crippen molar-refractivity contribution >= 4 is 11.9 Å². The zero-order valence-corrected chi connectivity index (χ0v) is 10.4. The summed E-state index contributed by atoms with van der Waals surface area (Å²) in [5.74, 6) is -0.594. The van der Waals surface area contributed by atoms with E-state index in [1.54, 1.807) is 24.3 Å². The lowest BCUT2D eigenvalue weighted by molar-refractivity contribution is -0.136. The van der Waals surface area contributed by atoms with Crippen molar-refractivity contribution in [3.05, 3.63) is 53.7 Å². The summed E-state index contributed by atoms with van der Waals surface area (Å²) in [6, 6.07) is 9.70. The first-order valence-electron chi connectivity index (χ1n) is 5.79. The third-order valence-electron chi connectivity index (χ3n) is 2.52. The van der Waals surface area contributed by atoms with E-state index in [9.17, 15) is 9.59 Å². The van der Waals surface area contributed by atoms with Gasteiger partial charge in [0.25, 0.3) is 0 Å². The van der Waals surface area contributed by atoms with Crippen LogP contribution in [0.4, 0.5) is 0 Å². The highest BCUT2D eigenvalue weighted by Crippen LogP contribution is 2.20. The Morgan fingerprint density at radius 1 is 1.15 bits per heavy atom.